The van der Waals surface area contributed by atoms with Crippen LogP contribution in [0.2, 0.25) is 0 Å². The van der Waals surface area contributed by atoms with Crippen LogP contribution in [0.25, 0.3) is 0 Å². The standard InChI is InChI=1S/C6H14FN/c1-6(4-7)5-8(2)3/h6H,4-5H2,1-3H3. The van der Waals surface area contributed by atoms with E-state index in [0.29, 0.717) is 0 Å². The van der Waals surface area contributed by atoms with Gasteiger partial charge in [0.05, 0.1) is 6.67 Å². The molecule has 0 N–H and O–H groups in total. The van der Waals surface area contributed by atoms with Crippen molar-refractivity contribution in [3.63, 3.8) is 0 Å². The lowest BCUT2D eigenvalue weighted by Crippen LogP contribution is -2.20. The second kappa shape index (κ2) is 3.84. The maximum atomic E-state index is 11.7. The highest BCUT2D eigenvalue weighted by atomic mass is 19.1. The highest BCUT2D eigenvalue weighted by molar-refractivity contribution is 4.52. The molecule has 50 valence electrons. The SMILES string of the molecule is CC(CF)CN(C)C. The fraction of sp³-hybridized carbons (Fsp3) is 1.00. The van der Waals surface area contributed by atoms with Gasteiger partial charge in [-0.3, -0.25) is 4.39 Å². The summed E-state index contributed by atoms with van der Waals surface area (Å²) in [6, 6.07) is 0. The van der Waals surface area contributed by atoms with Crippen LogP contribution in [-0.2, 0) is 0 Å². The van der Waals surface area contributed by atoms with Crippen molar-refractivity contribution >= 4 is 0 Å². The Kier molecular flexibility index (Phi) is 3.79. The highest BCUT2D eigenvalue weighted by Gasteiger charge is 2.00. The van der Waals surface area contributed by atoms with Crippen molar-refractivity contribution < 1.29 is 4.39 Å². The van der Waals surface area contributed by atoms with E-state index < -0.39 is 0 Å². The molecule has 0 heterocycles. The van der Waals surface area contributed by atoms with Crippen LogP contribution < -0.4 is 0 Å². The minimum absolute atomic E-state index is 0.185. The van der Waals surface area contributed by atoms with Crippen molar-refractivity contribution in [1.82, 2.24) is 4.90 Å². The van der Waals surface area contributed by atoms with Gasteiger partial charge in [-0.1, -0.05) is 6.92 Å². The van der Waals surface area contributed by atoms with Crippen LogP contribution in [0, 0.1) is 5.92 Å². The number of halogens is 1. The Hall–Kier alpha value is -0.110. The van der Waals surface area contributed by atoms with E-state index in [9.17, 15) is 4.39 Å². The molecule has 0 saturated carbocycles. The summed E-state index contributed by atoms with van der Waals surface area (Å²) in [5, 5.41) is 0. The average molecular weight is 119 g/mol. The normalized spacial score (nSPS) is 14.6. The van der Waals surface area contributed by atoms with Gasteiger partial charge >= 0.3 is 0 Å². The minimum Gasteiger partial charge on any atom is -0.309 e. The summed E-state index contributed by atoms with van der Waals surface area (Å²) in [4.78, 5) is 1.99. The number of rotatable bonds is 3. The molecular weight excluding hydrogens is 105 g/mol. The van der Waals surface area contributed by atoms with E-state index in [2.05, 4.69) is 0 Å². The Bertz CT molecular complexity index is 54.5. The van der Waals surface area contributed by atoms with Crippen molar-refractivity contribution in [2.24, 2.45) is 5.92 Å². The largest absolute Gasteiger partial charge is 0.309 e. The Morgan fingerprint density at radius 2 is 2.00 bits per heavy atom. The van der Waals surface area contributed by atoms with Crippen LogP contribution in [0.4, 0.5) is 4.39 Å². The van der Waals surface area contributed by atoms with E-state index in [1.807, 2.05) is 25.9 Å². The summed E-state index contributed by atoms with van der Waals surface area (Å²) in [6.45, 7) is 2.54. The highest BCUT2D eigenvalue weighted by Crippen LogP contribution is 1.95. The fourth-order valence-corrected chi connectivity index (χ4v) is 0.672. The molecule has 0 radical (unpaired) electrons. The first-order valence-corrected chi connectivity index (χ1v) is 2.87. The molecule has 0 aliphatic rings. The monoisotopic (exact) mass is 119 g/mol. The van der Waals surface area contributed by atoms with E-state index >= 15 is 0 Å². The first-order valence-electron chi connectivity index (χ1n) is 2.87. The predicted octanol–water partition coefficient (Wildman–Crippen LogP) is 1.15. The molecule has 0 amide bonds. The molecule has 0 saturated heterocycles. The van der Waals surface area contributed by atoms with Gasteiger partial charge in [0.2, 0.25) is 0 Å². The summed E-state index contributed by atoms with van der Waals surface area (Å²) >= 11 is 0. The molecule has 0 aromatic heterocycles. The van der Waals surface area contributed by atoms with Gasteiger partial charge in [0.15, 0.2) is 0 Å². The molecule has 0 fully saturated rings. The molecule has 0 aromatic rings. The summed E-state index contributed by atoms with van der Waals surface area (Å²) in [5.41, 5.74) is 0. The van der Waals surface area contributed by atoms with Gasteiger partial charge in [-0.15, -0.1) is 0 Å². The molecule has 0 rings (SSSR count). The third-order valence-electron chi connectivity index (χ3n) is 0.940. The van der Waals surface area contributed by atoms with Gasteiger partial charge in [0, 0.05) is 6.54 Å². The van der Waals surface area contributed by atoms with Crippen LogP contribution >= 0.6 is 0 Å². The smallest absolute Gasteiger partial charge is 0.0932 e. The third kappa shape index (κ3) is 4.06. The molecule has 2 heteroatoms. The van der Waals surface area contributed by atoms with E-state index in [4.69, 9.17) is 0 Å². The van der Waals surface area contributed by atoms with Crippen molar-refractivity contribution in [3.05, 3.63) is 0 Å². The Morgan fingerprint density at radius 3 is 2.12 bits per heavy atom. The van der Waals surface area contributed by atoms with Crippen LogP contribution in [0.5, 0.6) is 0 Å². The number of alkyl halides is 1. The van der Waals surface area contributed by atoms with Crippen molar-refractivity contribution in [1.29, 1.82) is 0 Å². The molecular formula is C6H14FN. The molecule has 8 heavy (non-hydrogen) atoms. The average Bonchev–Trinajstić information content (AvgIpc) is 1.65. The fourth-order valence-electron chi connectivity index (χ4n) is 0.672. The summed E-state index contributed by atoms with van der Waals surface area (Å²) in [5.74, 6) is 0.185. The molecule has 0 aromatic carbocycles. The van der Waals surface area contributed by atoms with E-state index in [0.717, 1.165) is 6.54 Å². The molecule has 0 aliphatic heterocycles. The summed E-state index contributed by atoms with van der Waals surface area (Å²) in [7, 11) is 3.90. The second-order valence-electron chi connectivity index (χ2n) is 2.52. The number of hydrogen-bond acceptors (Lipinski definition) is 1. The lowest BCUT2D eigenvalue weighted by atomic mass is 10.2. The van der Waals surface area contributed by atoms with Gasteiger partial charge in [0.1, 0.15) is 0 Å². The van der Waals surface area contributed by atoms with Gasteiger partial charge in [0.25, 0.3) is 0 Å². The van der Waals surface area contributed by atoms with Crippen LogP contribution in [0.15, 0.2) is 0 Å². The van der Waals surface area contributed by atoms with E-state index in [1.165, 1.54) is 0 Å². The van der Waals surface area contributed by atoms with E-state index in [-0.39, 0.29) is 12.6 Å². The Labute approximate surface area is 50.5 Å². The first-order chi connectivity index (χ1) is 3.66. The zero-order valence-electron chi connectivity index (χ0n) is 5.82. The predicted molar refractivity (Wildman–Crippen MR) is 33.7 cm³/mol. The Morgan fingerprint density at radius 1 is 1.50 bits per heavy atom. The van der Waals surface area contributed by atoms with Gasteiger partial charge in [-0.2, -0.15) is 0 Å². The lowest BCUT2D eigenvalue weighted by molar-refractivity contribution is 0.287. The molecule has 0 spiro atoms. The third-order valence-corrected chi connectivity index (χ3v) is 0.940. The van der Waals surface area contributed by atoms with Crippen molar-refractivity contribution in [2.75, 3.05) is 27.3 Å². The molecule has 0 bridgehead atoms. The maximum absolute atomic E-state index is 11.7. The summed E-state index contributed by atoms with van der Waals surface area (Å²) < 4.78 is 11.7. The van der Waals surface area contributed by atoms with Crippen molar-refractivity contribution in [3.8, 4) is 0 Å². The minimum atomic E-state index is -0.210. The Balaban J connectivity index is 3.10. The molecule has 1 unspecified atom stereocenters. The van der Waals surface area contributed by atoms with Crippen LogP contribution in [0.1, 0.15) is 6.92 Å². The quantitative estimate of drug-likeness (QED) is 0.538. The molecule has 0 aliphatic carbocycles. The second-order valence-corrected chi connectivity index (χ2v) is 2.52. The van der Waals surface area contributed by atoms with Crippen LogP contribution in [-0.4, -0.2) is 32.2 Å². The number of nitrogens with zero attached hydrogens (tertiary/aromatic N) is 1. The first kappa shape index (κ1) is 7.89. The van der Waals surface area contributed by atoms with E-state index in [1.54, 1.807) is 0 Å². The maximum Gasteiger partial charge on any atom is 0.0932 e. The lowest BCUT2D eigenvalue weighted by Gasteiger charge is -2.12. The van der Waals surface area contributed by atoms with Crippen LogP contribution in [0.3, 0.4) is 0 Å². The van der Waals surface area contributed by atoms with Crippen molar-refractivity contribution in [2.45, 2.75) is 6.92 Å². The van der Waals surface area contributed by atoms with Gasteiger partial charge in [-0.05, 0) is 20.0 Å². The molecule has 1 nitrogen and oxygen atoms in total. The summed E-state index contributed by atoms with van der Waals surface area (Å²) in [6.07, 6.45) is 0. The zero-order chi connectivity index (χ0) is 6.57. The number of hydrogen-bond donors (Lipinski definition) is 0. The molecule has 1 atom stereocenters. The van der Waals surface area contributed by atoms with Gasteiger partial charge < -0.3 is 4.90 Å². The topological polar surface area (TPSA) is 3.24 Å². The zero-order valence-corrected chi connectivity index (χ0v) is 5.82. The van der Waals surface area contributed by atoms with Gasteiger partial charge in [-0.25, -0.2) is 0 Å².